The average Bonchev–Trinajstić information content (AvgIpc) is 2.47. The van der Waals surface area contributed by atoms with Crippen LogP contribution in [-0.2, 0) is 4.74 Å². The van der Waals surface area contributed by atoms with E-state index in [9.17, 15) is 18.0 Å². The number of ether oxygens (including phenoxy) is 1. The van der Waals surface area contributed by atoms with Gasteiger partial charge in [0, 0.05) is 25.7 Å². The minimum atomic E-state index is -4.20. The molecule has 0 radical (unpaired) electrons. The summed E-state index contributed by atoms with van der Waals surface area (Å²) in [4.78, 5) is 17.2. The van der Waals surface area contributed by atoms with E-state index in [1.54, 1.807) is 11.8 Å². The number of rotatable bonds is 5. The highest BCUT2D eigenvalue weighted by atomic mass is 19.4. The van der Waals surface area contributed by atoms with Crippen LogP contribution in [0.15, 0.2) is 4.99 Å². The summed E-state index contributed by atoms with van der Waals surface area (Å²) in [6.07, 6.45) is -4.07. The van der Waals surface area contributed by atoms with E-state index in [0.717, 1.165) is 0 Å². The Kier molecular flexibility index (Phi) is 7.97. The molecule has 1 aliphatic heterocycles. The van der Waals surface area contributed by atoms with Crippen molar-refractivity contribution in [3.8, 4) is 0 Å². The Morgan fingerprint density at radius 2 is 1.96 bits per heavy atom. The average molecular weight is 338 g/mol. The van der Waals surface area contributed by atoms with Gasteiger partial charge in [-0.25, -0.2) is 4.79 Å². The fourth-order valence-corrected chi connectivity index (χ4v) is 2.23. The second-order valence-corrected chi connectivity index (χ2v) is 5.23. The first-order valence-electron chi connectivity index (χ1n) is 7.89. The third kappa shape index (κ3) is 7.94. The maximum absolute atomic E-state index is 12.2. The van der Waals surface area contributed by atoms with Gasteiger partial charge >= 0.3 is 12.3 Å². The van der Waals surface area contributed by atoms with E-state index >= 15 is 0 Å². The minimum Gasteiger partial charge on any atom is -0.450 e. The van der Waals surface area contributed by atoms with E-state index in [4.69, 9.17) is 4.74 Å². The van der Waals surface area contributed by atoms with Crippen molar-refractivity contribution in [2.75, 3.05) is 32.8 Å². The van der Waals surface area contributed by atoms with Crippen molar-refractivity contribution in [2.45, 2.75) is 45.3 Å². The van der Waals surface area contributed by atoms with Crippen molar-refractivity contribution >= 4 is 12.1 Å². The van der Waals surface area contributed by atoms with Crippen LogP contribution in [0.1, 0.15) is 33.1 Å². The first kappa shape index (κ1) is 19.4. The lowest BCUT2D eigenvalue weighted by molar-refractivity contribution is -0.132. The van der Waals surface area contributed by atoms with Crippen LogP contribution in [0.5, 0.6) is 0 Å². The SMILES string of the molecule is CCNC(=NCCC(F)(F)F)NC1CCN(C(=O)OCC)CC1. The fourth-order valence-electron chi connectivity index (χ4n) is 2.23. The Balaban J connectivity index is 2.43. The smallest absolute Gasteiger partial charge is 0.409 e. The van der Waals surface area contributed by atoms with Gasteiger partial charge < -0.3 is 20.3 Å². The number of likely N-dealkylation sites (tertiary alicyclic amines) is 1. The molecule has 0 atom stereocenters. The molecule has 0 aromatic rings. The number of halogens is 3. The molecule has 1 aliphatic rings. The summed E-state index contributed by atoms with van der Waals surface area (Å²) in [7, 11) is 0. The van der Waals surface area contributed by atoms with Crippen LogP contribution in [-0.4, -0.2) is 62.0 Å². The molecule has 0 bridgehead atoms. The van der Waals surface area contributed by atoms with E-state index in [1.807, 2.05) is 6.92 Å². The van der Waals surface area contributed by atoms with E-state index in [-0.39, 0.29) is 18.7 Å². The zero-order valence-corrected chi connectivity index (χ0v) is 13.6. The molecule has 2 N–H and O–H groups in total. The molecule has 9 heteroatoms. The molecule has 0 aromatic heterocycles. The number of alkyl halides is 3. The second-order valence-electron chi connectivity index (χ2n) is 5.23. The molecule has 1 heterocycles. The molecule has 1 saturated heterocycles. The van der Waals surface area contributed by atoms with Crippen LogP contribution in [0.3, 0.4) is 0 Å². The Hall–Kier alpha value is -1.67. The number of guanidine groups is 1. The number of amides is 1. The van der Waals surface area contributed by atoms with Gasteiger partial charge in [-0.2, -0.15) is 13.2 Å². The van der Waals surface area contributed by atoms with Gasteiger partial charge in [0.05, 0.1) is 19.6 Å². The Morgan fingerprint density at radius 3 is 2.48 bits per heavy atom. The molecule has 23 heavy (non-hydrogen) atoms. The maximum Gasteiger partial charge on any atom is 0.409 e. The Bertz CT molecular complexity index is 394. The number of nitrogens with one attached hydrogen (secondary N) is 2. The van der Waals surface area contributed by atoms with Gasteiger partial charge in [-0.1, -0.05) is 0 Å². The molecule has 0 spiro atoms. The van der Waals surface area contributed by atoms with Crippen molar-refractivity contribution in [1.82, 2.24) is 15.5 Å². The second kappa shape index (κ2) is 9.46. The summed E-state index contributed by atoms with van der Waals surface area (Å²) in [5.41, 5.74) is 0. The lowest BCUT2D eigenvalue weighted by atomic mass is 10.1. The first-order valence-corrected chi connectivity index (χ1v) is 7.89. The number of nitrogens with zero attached hydrogens (tertiary/aromatic N) is 2. The molecular formula is C14H25F3N4O2. The van der Waals surface area contributed by atoms with Crippen LogP contribution in [0.4, 0.5) is 18.0 Å². The zero-order chi connectivity index (χ0) is 17.3. The summed E-state index contributed by atoms with van der Waals surface area (Å²) >= 11 is 0. The molecule has 0 saturated carbocycles. The van der Waals surface area contributed by atoms with Gasteiger partial charge in [0.2, 0.25) is 0 Å². The summed E-state index contributed by atoms with van der Waals surface area (Å²) in [5.74, 6) is 0.381. The molecule has 1 amide bonds. The van der Waals surface area contributed by atoms with Gasteiger partial charge in [-0.05, 0) is 26.7 Å². The van der Waals surface area contributed by atoms with Crippen LogP contribution < -0.4 is 10.6 Å². The number of hydrogen-bond acceptors (Lipinski definition) is 3. The predicted octanol–water partition coefficient (Wildman–Crippen LogP) is 2.11. The molecule has 134 valence electrons. The number of carbonyl (C=O) groups is 1. The van der Waals surface area contributed by atoms with E-state index < -0.39 is 12.6 Å². The van der Waals surface area contributed by atoms with Crippen LogP contribution in [0.2, 0.25) is 0 Å². The van der Waals surface area contributed by atoms with Gasteiger partial charge in [0.15, 0.2) is 5.96 Å². The molecule has 0 aromatic carbocycles. The third-order valence-electron chi connectivity index (χ3n) is 3.37. The van der Waals surface area contributed by atoms with E-state index in [2.05, 4.69) is 15.6 Å². The number of piperidine rings is 1. The zero-order valence-electron chi connectivity index (χ0n) is 13.6. The molecule has 0 unspecified atom stereocenters. The van der Waals surface area contributed by atoms with Crippen LogP contribution in [0.25, 0.3) is 0 Å². The van der Waals surface area contributed by atoms with Gasteiger partial charge in [0.1, 0.15) is 0 Å². The Morgan fingerprint density at radius 1 is 1.30 bits per heavy atom. The van der Waals surface area contributed by atoms with Crippen molar-refractivity contribution in [1.29, 1.82) is 0 Å². The summed E-state index contributed by atoms with van der Waals surface area (Å²) in [5, 5.41) is 6.06. The van der Waals surface area contributed by atoms with Gasteiger partial charge in [-0.15, -0.1) is 0 Å². The molecule has 6 nitrogen and oxygen atoms in total. The van der Waals surface area contributed by atoms with E-state index in [0.29, 0.717) is 45.0 Å². The third-order valence-corrected chi connectivity index (χ3v) is 3.37. The monoisotopic (exact) mass is 338 g/mol. The minimum absolute atomic E-state index is 0.0735. The number of hydrogen-bond donors (Lipinski definition) is 2. The van der Waals surface area contributed by atoms with Crippen molar-refractivity contribution < 1.29 is 22.7 Å². The van der Waals surface area contributed by atoms with E-state index in [1.165, 1.54) is 0 Å². The van der Waals surface area contributed by atoms with Gasteiger partial charge in [0.25, 0.3) is 0 Å². The van der Waals surface area contributed by atoms with Crippen molar-refractivity contribution in [3.05, 3.63) is 0 Å². The fraction of sp³-hybridized carbons (Fsp3) is 0.857. The molecule has 1 fully saturated rings. The number of carbonyl (C=O) groups excluding carboxylic acids is 1. The highest BCUT2D eigenvalue weighted by Crippen LogP contribution is 2.19. The Labute approximate surface area is 134 Å². The molecule has 1 rings (SSSR count). The summed E-state index contributed by atoms with van der Waals surface area (Å²) in [6, 6.07) is 0.0735. The molecule has 0 aliphatic carbocycles. The summed E-state index contributed by atoms with van der Waals surface area (Å²) in [6.45, 7) is 5.32. The standard InChI is InChI=1S/C14H25F3N4O2/c1-3-18-12(19-8-7-14(15,16)17)20-11-5-9-21(10-6-11)13(22)23-4-2/h11H,3-10H2,1-2H3,(H2,18,19,20). The normalized spacial score (nSPS) is 17.1. The number of aliphatic imine (C=N–C) groups is 1. The van der Waals surface area contributed by atoms with Crippen molar-refractivity contribution in [3.63, 3.8) is 0 Å². The lowest BCUT2D eigenvalue weighted by Gasteiger charge is -2.32. The lowest BCUT2D eigenvalue weighted by Crippen LogP contribution is -2.50. The van der Waals surface area contributed by atoms with Crippen molar-refractivity contribution in [2.24, 2.45) is 4.99 Å². The predicted molar refractivity (Wildman–Crippen MR) is 81.4 cm³/mol. The quantitative estimate of drug-likeness (QED) is 0.595. The van der Waals surface area contributed by atoms with Crippen LogP contribution in [0, 0.1) is 0 Å². The van der Waals surface area contributed by atoms with Gasteiger partial charge in [-0.3, -0.25) is 4.99 Å². The highest BCUT2D eigenvalue weighted by Gasteiger charge is 2.27. The first-order chi connectivity index (χ1) is 10.9. The highest BCUT2D eigenvalue weighted by molar-refractivity contribution is 5.80. The molecular weight excluding hydrogens is 313 g/mol. The topological polar surface area (TPSA) is 66.0 Å². The van der Waals surface area contributed by atoms with Crippen LogP contribution >= 0.6 is 0 Å². The maximum atomic E-state index is 12.2. The summed E-state index contributed by atoms with van der Waals surface area (Å²) < 4.78 is 41.5. The largest absolute Gasteiger partial charge is 0.450 e.